The average Bonchev–Trinajstić information content (AvgIpc) is 3.20. The van der Waals surface area contributed by atoms with Crippen molar-refractivity contribution in [1.82, 2.24) is 14.4 Å². The van der Waals surface area contributed by atoms with Crippen LogP contribution in [0.2, 0.25) is 5.15 Å². The summed E-state index contributed by atoms with van der Waals surface area (Å²) in [6, 6.07) is 3.81. The summed E-state index contributed by atoms with van der Waals surface area (Å²) in [6.45, 7) is -2.81. The van der Waals surface area contributed by atoms with Crippen molar-refractivity contribution in [3.63, 3.8) is 0 Å². The molecule has 0 fully saturated rings. The Morgan fingerprint density at radius 2 is 1.91 bits per heavy atom. The van der Waals surface area contributed by atoms with Crippen LogP contribution < -0.4 is 11.1 Å². The lowest BCUT2D eigenvalue weighted by atomic mass is 10.1. The van der Waals surface area contributed by atoms with Gasteiger partial charge in [-0.05, 0) is 36.7 Å². The molecule has 1 atom stereocenters. The van der Waals surface area contributed by atoms with E-state index in [4.69, 9.17) is 21.4 Å². The van der Waals surface area contributed by atoms with Gasteiger partial charge in [0, 0.05) is 15.7 Å². The van der Waals surface area contributed by atoms with Crippen LogP contribution >= 0.6 is 11.6 Å². The zero-order valence-corrected chi connectivity index (χ0v) is 17.0. The van der Waals surface area contributed by atoms with Crippen molar-refractivity contribution in [3.05, 3.63) is 76.3 Å². The summed E-state index contributed by atoms with van der Waals surface area (Å²) in [5.74, 6) is -7.40. The number of aryl methyl sites for hydroxylation is 1. The van der Waals surface area contributed by atoms with Crippen molar-refractivity contribution in [2.45, 2.75) is 13.0 Å². The molecule has 2 aromatic heterocycles. The van der Waals surface area contributed by atoms with Crippen molar-refractivity contribution in [3.8, 4) is 11.3 Å². The van der Waals surface area contributed by atoms with Gasteiger partial charge in [-0.2, -0.15) is 0 Å². The molecule has 0 radical (unpaired) electrons. The van der Waals surface area contributed by atoms with Crippen LogP contribution in [0.3, 0.4) is 0 Å². The number of imidazole rings is 1. The van der Waals surface area contributed by atoms with Gasteiger partial charge in [0.2, 0.25) is 0 Å². The van der Waals surface area contributed by atoms with Gasteiger partial charge in [0.15, 0.2) is 17.7 Å². The fourth-order valence-corrected chi connectivity index (χ4v) is 3.42. The number of halogens is 5. The molecule has 1 amide bonds. The van der Waals surface area contributed by atoms with Crippen LogP contribution in [0.1, 0.15) is 21.6 Å². The van der Waals surface area contributed by atoms with Crippen LogP contribution in [0.5, 0.6) is 0 Å². The van der Waals surface area contributed by atoms with Crippen molar-refractivity contribution in [1.29, 1.82) is 0 Å². The van der Waals surface area contributed by atoms with E-state index in [2.05, 4.69) is 9.97 Å². The van der Waals surface area contributed by atoms with E-state index in [9.17, 15) is 23.1 Å². The van der Waals surface area contributed by atoms with Gasteiger partial charge in [-0.1, -0.05) is 11.6 Å². The Bertz CT molecular complexity index is 1510. The van der Waals surface area contributed by atoms with Gasteiger partial charge in [0.25, 0.3) is 5.91 Å². The lowest BCUT2D eigenvalue weighted by Gasteiger charge is -2.14. The number of aromatic nitrogens is 3. The normalized spacial score (nSPS) is 13.9. The molecule has 2 aromatic carbocycles. The van der Waals surface area contributed by atoms with Crippen LogP contribution in [0.15, 0.2) is 36.5 Å². The summed E-state index contributed by atoms with van der Waals surface area (Å²) in [4.78, 5) is 20.0. The third kappa shape index (κ3) is 3.96. The monoisotopic (exact) mass is 482 g/mol. The molecule has 0 aliphatic heterocycles. The predicted octanol–water partition coefficient (Wildman–Crippen LogP) is 4.17. The van der Waals surface area contributed by atoms with Crippen molar-refractivity contribution in [2.75, 3.05) is 11.1 Å². The van der Waals surface area contributed by atoms with Gasteiger partial charge in [-0.3, -0.25) is 9.20 Å². The molecular formula is C21H14ClF4N5O2. The number of nitrogen functional groups attached to an aromatic ring is 1. The van der Waals surface area contributed by atoms with Crippen LogP contribution in [-0.4, -0.2) is 25.4 Å². The summed E-state index contributed by atoms with van der Waals surface area (Å²) < 4.78 is 80.8. The number of carbonyl (C=O) groups is 1. The highest BCUT2D eigenvalue weighted by atomic mass is 35.5. The van der Waals surface area contributed by atoms with Crippen molar-refractivity contribution in [2.24, 2.45) is 0 Å². The Balaban J connectivity index is 1.75. The van der Waals surface area contributed by atoms with E-state index in [1.807, 2.05) is 5.32 Å². The number of carbonyl (C=O) groups excluding carboxylic acids is 1. The highest BCUT2D eigenvalue weighted by Gasteiger charge is 2.25. The van der Waals surface area contributed by atoms with E-state index in [0.29, 0.717) is 18.2 Å². The molecule has 1 unspecified atom stereocenters. The molecular weight excluding hydrogens is 466 g/mol. The number of fused-ring (bicyclic) bond motifs is 1. The molecule has 0 saturated carbocycles. The van der Waals surface area contributed by atoms with E-state index in [1.54, 1.807) is 0 Å². The lowest BCUT2D eigenvalue weighted by molar-refractivity contribution is -0.124. The number of aliphatic hydroxyl groups excluding tert-OH is 1. The van der Waals surface area contributed by atoms with Crippen LogP contribution in [-0.2, 0) is 4.79 Å². The Labute approximate surface area is 192 Å². The molecule has 0 spiro atoms. The maximum absolute atomic E-state index is 15.1. The Morgan fingerprint density at radius 1 is 1.21 bits per heavy atom. The minimum absolute atomic E-state index is 0.188. The first-order chi connectivity index (χ1) is 16.8. The number of anilines is 2. The molecule has 7 nitrogen and oxygen atoms in total. The molecule has 12 heteroatoms. The van der Waals surface area contributed by atoms with Gasteiger partial charge in [0.05, 0.1) is 11.9 Å². The van der Waals surface area contributed by atoms with E-state index < -0.39 is 64.8 Å². The molecule has 170 valence electrons. The van der Waals surface area contributed by atoms with Gasteiger partial charge >= 0.3 is 0 Å². The first kappa shape index (κ1) is 18.8. The summed E-state index contributed by atoms with van der Waals surface area (Å²) in [5.41, 5.74) is 3.58. The Hall–Kier alpha value is -3.70. The van der Waals surface area contributed by atoms with Crippen molar-refractivity contribution >= 4 is 34.5 Å². The largest absolute Gasteiger partial charge is 0.382 e. The number of hydrogen-bond acceptors (Lipinski definition) is 5. The van der Waals surface area contributed by atoms with Crippen LogP contribution in [0.25, 0.3) is 16.8 Å². The van der Waals surface area contributed by atoms with E-state index in [0.717, 1.165) is 22.7 Å². The highest BCUT2D eigenvalue weighted by Crippen LogP contribution is 2.34. The smallest absolute Gasteiger partial charge is 0.257 e. The number of nitrogens with zero attached hydrogens (tertiary/aromatic N) is 3. The van der Waals surface area contributed by atoms with Crippen LogP contribution in [0.4, 0.5) is 29.1 Å². The quantitative estimate of drug-likeness (QED) is 0.379. The first-order valence-corrected chi connectivity index (χ1v) is 9.43. The van der Waals surface area contributed by atoms with Gasteiger partial charge in [-0.15, -0.1) is 0 Å². The zero-order valence-electron chi connectivity index (χ0n) is 19.2. The third-order valence-corrected chi connectivity index (χ3v) is 4.95. The molecule has 33 heavy (non-hydrogen) atoms. The Kier molecular flexibility index (Phi) is 4.76. The minimum atomic E-state index is -2.81. The van der Waals surface area contributed by atoms with E-state index in [-0.39, 0.29) is 22.2 Å². The average molecular weight is 483 g/mol. The lowest BCUT2D eigenvalue weighted by Crippen LogP contribution is -2.22. The van der Waals surface area contributed by atoms with Crippen molar-refractivity contribution < 1.29 is 31.6 Å². The van der Waals surface area contributed by atoms with Crippen LogP contribution in [0, 0.1) is 30.1 Å². The first-order valence-electron chi connectivity index (χ1n) is 10.6. The predicted molar refractivity (Wildman–Crippen MR) is 112 cm³/mol. The standard InChI is InChI=1S/C21H14ClF4N5O2/c1-8-29-17(18-20(27)28-7-14(22)31(8)18)12-2-3-13(16(26)15(12)25)30-21(33)19(32)9-4-10(23)6-11(24)5-9/h2-7,19,32H,1H3,(H2,27,28)(H,30,33)/i1D3. The van der Waals surface area contributed by atoms with E-state index in [1.165, 1.54) is 0 Å². The maximum atomic E-state index is 15.1. The number of aliphatic hydroxyl groups is 1. The number of hydrogen-bond donors (Lipinski definition) is 3. The summed E-state index contributed by atoms with van der Waals surface area (Å²) in [5, 5.41) is 11.8. The highest BCUT2D eigenvalue weighted by molar-refractivity contribution is 6.29. The number of nitrogens with one attached hydrogen (secondary N) is 1. The molecule has 4 N–H and O–H groups in total. The maximum Gasteiger partial charge on any atom is 0.257 e. The molecule has 0 bridgehead atoms. The summed E-state index contributed by atoms with van der Waals surface area (Å²) in [6.07, 6.45) is -1.04. The molecule has 4 aromatic rings. The zero-order chi connectivity index (χ0) is 26.5. The number of benzene rings is 2. The fraction of sp³-hybridized carbons (Fsp3) is 0.0952. The second kappa shape index (κ2) is 8.34. The minimum Gasteiger partial charge on any atom is -0.382 e. The molecule has 2 heterocycles. The molecule has 4 rings (SSSR count). The molecule has 0 saturated heterocycles. The number of amides is 1. The third-order valence-electron chi connectivity index (χ3n) is 4.69. The molecule has 0 aliphatic rings. The fourth-order valence-electron chi connectivity index (χ4n) is 3.21. The Morgan fingerprint density at radius 3 is 2.58 bits per heavy atom. The topological polar surface area (TPSA) is 106 Å². The van der Waals surface area contributed by atoms with Gasteiger partial charge < -0.3 is 16.2 Å². The van der Waals surface area contributed by atoms with E-state index >= 15 is 4.39 Å². The SMILES string of the molecule is [2H]C([2H])([2H])c1nc(-c2ccc(NC(=O)C(O)c3cc(F)cc(F)c3)c(F)c2F)c2c(N)ncc(Cl)n12. The van der Waals surface area contributed by atoms with Gasteiger partial charge in [0.1, 0.15) is 39.6 Å². The van der Waals surface area contributed by atoms with Gasteiger partial charge in [-0.25, -0.2) is 27.5 Å². The summed E-state index contributed by atoms with van der Waals surface area (Å²) in [7, 11) is 0. The number of rotatable bonds is 4. The molecule has 0 aliphatic carbocycles. The second-order valence-corrected chi connectivity index (χ2v) is 7.20. The number of nitrogens with two attached hydrogens (primary N) is 1. The summed E-state index contributed by atoms with van der Waals surface area (Å²) >= 11 is 6.06. The second-order valence-electron chi connectivity index (χ2n) is 6.82.